The molecule has 11 nitrogen and oxygen atoms in total. The third-order valence-electron chi connectivity index (χ3n) is 7.65. The molecule has 1 aromatic heterocycles. The Balaban J connectivity index is 1.51. The Morgan fingerprint density at radius 3 is 2.38 bits per heavy atom. The van der Waals surface area contributed by atoms with Crippen molar-refractivity contribution in [3.63, 3.8) is 0 Å². The van der Waals surface area contributed by atoms with E-state index in [-0.39, 0.29) is 49.4 Å². The van der Waals surface area contributed by atoms with Gasteiger partial charge in [0.15, 0.2) is 0 Å². The van der Waals surface area contributed by atoms with E-state index < -0.39 is 72.4 Å². The van der Waals surface area contributed by atoms with E-state index in [1.54, 1.807) is 5.32 Å². The van der Waals surface area contributed by atoms with Crippen molar-refractivity contribution in [2.24, 2.45) is 5.73 Å². The Labute approximate surface area is 287 Å². The number of rotatable bonds is 11. The molecule has 0 bridgehead atoms. The number of imide groups is 1. The van der Waals surface area contributed by atoms with Crippen molar-refractivity contribution in [3.05, 3.63) is 94.0 Å². The summed E-state index contributed by atoms with van der Waals surface area (Å²) in [6.07, 6.45) is -5.63. The van der Waals surface area contributed by atoms with Gasteiger partial charge in [0.25, 0.3) is 5.91 Å². The summed E-state index contributed by atoms with van der Waals surface area (Å²) in [7, 11) is 0.987. The van der Waals surface area contributed by atoms with Crippen LogP contribution in [0.2, 0.25) is 5.02 Å². The molecule has 1 aliphatic heterocycles. The average molecular weight is 732 g/mol. The number of nitrogens with zero attached hydrogens (tertiary/aromatic N) is 2. The third-order valence-corrected chi connectivity index (χ3v) is 7.90. The van der Waals surface area contributed by atoms with Crippen molar-refractivity contribution in [1.82, 2.24) is 15.6 Å². The zero-order chi connectivity index (χ0) is 36.6. The quantitative estimate of drug-likeness (QED) is 0.233. The first kappa shape index (κ1) is 38.4. The van der Waals surface area contributed by atoms with Gasteiger partial charge in [-0.3, -0.25) is 9.78 Å². The lowest BCUT2D eigenvalue weighted by Crippen LogP contribution is -2.50. The number of amides is 3. The number of pyridine rings is 1. The van der Waals surface area contributed by atoms with Crippen LogP contribution in [0.3, 0.4) is 0 Å². The second kappa shape index (κ2) is 17.0. The maximum atomic E-state index is 15.3. The van der Waals surface area contributed by atoms with E-state index >= 15 is 4.39 Å². The van der Waals surface area contributed by atoms with Gasteiger partial charge in [0, 0.05) is 29.1 Å². The average Bonchev–Trinajstić information content (AvgIpc) is 3.06. The van der Waals surface area contributed by atoms with E-state index in [1.807, 2.05) is 0 Å². The summed E-state index contributed by atoms with van der Waals surface area (Å²) in [5.41, 5.74) is 6.34. The summed E-state index contributed by atoms with van der Waals surface area (Å²) in [4.78, 5) is 43.0. The lowest BCUT2D eigenvalue weighted by atomic mass is 9.84. The van der Waals surface area contributed by atoms with Crippen molar-refractivity contribution in [1.29, 1.82) is 0 Å². The molecule has 1 saturated heterocycles. The zero-order valence-electron chi connectivity index (χ0n) is 26.3. The molecule has 4 atom stereocenters. The van der Waals surface area contributed by atoms with Gasteiger partial charge in [-0.25, -0.2) is 27.7 Å². The molecule has 50 heavy (non-hydrogen) atoms. The molecule has 0 spiro atoms. The number of carbonyl (C=O) groups excluding carboxylic acids is 3. The van der Waals surface area contributed by atoms with E-state index in [0.29, 0.717) is 21.6 Å². The van der Waals surface area contributed by atoms with Gasteiger partial charge in [0.2, 0.25) is 0 Å². The Bertz CT molecular complexity index is 1640. The normalized spacial score (nSPS) is 17.4. The smallest absolute Gasteiger partial charge is 0.421 e. The maximum Gasteiger partial charge on any atom is 0.421 e. The van der Waals surface area contributed by atoms with Crippen LogP contribution in [0.1, 0.15) is 29.0 Å². The number of hydrogen-bond acceptors (Lipinski definition) is 9. The number of morpholine rings is 1. The maximum absolute atomic E-state index is 15.3. The second-order valence-electron chi connectivity index (χ2n) is 11.2. The molecule has 270 valence electrons. The number of methoxy groups -OCH3 is 1. The van der Waals surface area contributed by atoms with Gasteiger partial charge in [-0.2, -0.15) is 13.2 Å². The Hall–Kier alpha value is -4.45. The highest BCUT2D eigenvalue weighted by Crippen LogP contribution is 2.33. The van der Waals surface area contributed by atoms with Crippen LogP contribution in [0, 0.1) is 17.5 Å². The number of halogens is 7. The first-order valence-electron chi connectivity index (χ1n) is 15.0. The highest BCUT2D eigenvalue weighted by Gasteiger charge is 2.37. The van der Waals surface area contributed by atoms with Crippen molar-refractivity contribution < 1.29 is 54.9 Å². The Kier molecular flexibility index (Phi) is 13.0. The van der Waals surface area contributed by atoms with Gasteiger partial charge in [-0.05, 0) is 48.2 Å². The summed E-state index contributed by atoms with van der Waals surface area (Å²) in [5.74, 6) is -5.07. The minimum Gasteiger partial charge on any atom is -0.452 e. The van der Waals surface area contributed by atoms with Crippen molar-refractivity contribution in [2.75, 3.05) is 38.3 Å². The van der Waals surface area contributed by atoms with E-state index in [1.165, 1.54) is 24.3 Å². The fraction of sp³-hybridized carbons (Fsp3) is 0.375. The number of ether oxygens (including phenoxy) is 3. The monoisotopic (exact) mass is 731 g/mol. The highest BCUT2D eigenvalue weighted by molar-refractivity contribution is 6.30. The second-order valence-corrected chi connectivity index (χ2v) is 11.6. The van der Waals surface area contributed by atoms with Crippen LogP contribution in [0.25, 0.3) is 0 Å². The van der Waals surface area contributed by atoms with Crippen LogP contribution < -0.4 is 21.3 Å². The van der Waals surface area contributed by atoms with Crippen LogP contribution in [0.15, 0.2) is 54.9 Å². The molecule has 3 amide bonds. The molecule has 2 aromatic carbocycles. The van der Waals surface area contributed by atoms with Crippen LogP contribution in [0.4, 0.5) is 41.6 Å². The summed E-state index contributed by atoms with van der Waals surface area (Å²) in [5, 5.41) is 4.94. The van der Waals surface area contributed by atoms with E-state index in [9.17, 15) is 36.3 Å². The number of aromatic nitrogens is 1. The SMILES string of the molecule is COC(=O)N(C(=O)[C@@H](N)[C@@H](c1ccc(Cl)cc1)c1cc(F)cc(F)c1)c1cncc(F)c1CC[C@@H]1CN[C@H](COC(=O)NCC(F)(F)F)CO1. The molecule has 1 aliphatic rings. The zero-order valence-corrected chi connectivity index (χ0v) is 27.1. The fourth-order valence-electron chi connectivity index (χ4n) is 5.28. The standard InChI is InChI=1S/C32H32ClF6N5O6/c1-48-31(47)44(29(45)28(40)27(17-2-4-19(33)5-3-17)18-8-20(34)10-21(35)9-18)26-13-41-12-25(36)24(26)7-6-23-11-42-22(14-49-23)15-50-30(46)43-16-32(37,38)39/h2-5,8-10,12-13,22-23,27-28,42H,6-7,11,14-16,40H2,1H3,(H,43,46)/t22-,23+,27-,28-/m0/s1. The summed E-state index contributed by atoms with van der Waals surface area (Å²) >= 11 is 6.02. The van der Waals surface area contributed by atoms with Gasteiger partial charge in [0.1, 0.15) is 30.6 Å². The number of alkyl carbamates (subject to hydrolysis) is 1. The molecule has 4 rings (SSSR count). The van der Waals surface area contributed by atoms with Crippen LogP contribution in [0.5, 0.6) is 0 Å². The first-order chi connectivity index (χ1) is 23.7. The molecule has 0 radical (unpaired) electrons. The molecular formula is C32H32ClF6N5O6. The number of hydrogen-bond donors (Lipinski definition) is 3. The number of nitrogens with two attached hydrogens (primary N) is 1. The van der Waals surface area contributed by atoms with Crippen LogP contribution in [-0.4, -0.2) is 80.9 Å². The molecule has 1 fully saturated rings. The molecule has 0 unspecified atom stereocenters. The number of nitrogens with one attached hydrogen (secondary N) is 2. The molecule has 4 N–H and O–H groups in total. The van der Waals surface area contributed by atoms with Gasteiger partial charge in [-0.1, -0.05) is 23.7 Å². The lowest BCUT2D eigenvalue weighted by molar-refractivity contribution is -0.124. The van der Waals surface area contributed by atoms with E-state index in [0.717, 1.165) is 31.6 Å². The van der Waals surface area contributed by atoms with E-state index in [2.05, 4.69) is 10.3 Å². The molecule has 2 heterocycles. The predicted molar refractivity (Wildman–Crippen MR) is 167 cm³/mol. The highest BCUT2D eigenvalue weighted by atomic mass is 35.5. The number of benzene rings is 2. The topological polar surface area (TPSA) is 145 Å². The lowest BCUT2D eigenvalue weighted by Gasteiger charge is -2.31. The molecule has 0 saturated carbocycles. The van der Waals surface area contributed by atoms with Crippen molar-refractivity contribution in [2.45, 2.75) is 43.1 Å². The van der Waals surface area contributed by atoms with Crippen molar-refractivity contribution in [3.8, 4) is 0 Å². The molecular weight excluding hydrogens is 700 g/mol. The number of carbonyl (C=O) groups is 3. The summed E-state index contributed by atoms with van der Waals surface area (Å²) in [6, 6.07) is 6.37. The van der Waals surface area contributed by atoms with E-state index in [4.69, 9.17) is 31.5 Å². The summed E-state index contributed by atoms with van der Waals surface area (Å²) < 4.78 is 96.2. The molecule has 3 aromatic rings. The largest absolute Gasteiger partial charge is 0.452 e. The fourth-order valence-corrected chi connectivity index (χ4v) is 5.41. The van der Waals surface area contributed by atoms with Gasteiger partial charge < -0.3 is 30.6 Å². The van der Waals surface area contributed by atoms with Crippen LogP contribution >= 0.6 is 11.6 Å². The van der Waals surface area contributed by atoms with Crippen LogP contribution in [-0.2, 0) is 25.4 Å². The van der Waals surface area contributed by atoms with Gasteiger partial charge >= 0.3 is 18.4 Å². The third kappa shape index (κ3) is 10.3. The minimum atomic E-state index is -4.59. The predicted octanol–water partition coefficient (Wildman–Crippen LogP) is 4.99. The van der Waals surface area contributed by atoms with Crippen molar-refractivity contribution >= 4 is 35.4 Å². The molecule has 0 aliphatic carbocycles. The van der Waals surface area contributed by atoms with Gasteiger partial charge in [-0.15, -0.1) is 0 Å². The number of alkyl halides is 3. The van der Waals surface area contributed by atoms with Gasteiger partial charge in [0.05, 0.1) is 50.0 Å². The first-order valence-corrected chi connectivity index (χ1v) is 15.4. The summed E-state index contributed by atoms with van der Waals surface area (Å²) in [6.45, 7) is -1.65. The Morgan fingerprint density at radius 2 is 1.78 bits per heavy atom. The number of anilines is 1. The molecule has 18 heteroatoms. The Morgan fingerprint density at radius 1 is 1.10 bits per heavy atom. The minimum absolute atomic E-state index is 0.00269.